The second-order valence-electron chi connectivity index (χ2n) is 7.19. The number of ether oxygens (including phenoxy) is 1. The van der Waals surface area contributed by atoms with Crippen molar-refractivity contribution < 1.29 is 23.5 Å². The van der Waals surface area contributed by atoms with Crippen LogP contribution in [0.1, 0.15) is 31.7 Å². The summed E-state index contributed by atoms with van der Waals surface area (Å²) in [6.07, 6.45) is 0.784. The Kier molecular flexibility index (Phi) is 8.53. The zero-order chi connectivity index (χ0) is 22.1. The molecule has 0 aliphatic heterocycles. The number of carbonyl (C=O) groups excluding carboxylic acids is 3. The first kappa shape index (κ1) is 23.1. The maximum atomic E-state index is 12.9. The van der Waals surface area contributed by atoms with Gasteiger partial charge in [0.25, 0.3) is 5.91 Å². The Hall–Kier alpha value is -3.22. The van der Waals surface area contributed by atoms with E-state index in [0.717, 1.165) is 12.0 Å². The van der Waals surface area contributed by atoms with Crippen LogP contribution in [-0.2, 0) is 19.1 Å². The van der Waals surface area contributed by atoms with E-state index in [1.165, 1.54) is 36.2 Å². The monoisotopic (exact) mass is 414 g/mol. The number of hydrogen-bond acceptors (Lipinski definition) is 4. The lowest BCUT2D eigenvalue weighted by Gasteiger charge is -2.22. The van der Waals surface area contributed by atoms with Gasteiger partial charge in [0.2, 0.25) is 5.91 Å². The highest BCUT2D eigenvalue weighted by atomic mass is 19.1. The number of halogens is 1. The fourth-order valence-corrected chi connectivity index (χ4v) is 2.96. The molecule has 0 unspecified atom stereocenters. The minimum atomic E-state index is -0.492. The topological polar surface area (TPSA) is 75.7 Å². The molecule has 0 aromatic heterocycles. The molecular weight excluding hydrogens is 387 g/mol. The molecule has 2 atom stereocenters. The normalized spacial score (nSPS) is 12.5. The van der Waals surface area contributed by atoms with Crippen molar-refractivity contribution in [3.8, 4) is 0 Å². The van der Waals surface area contributed by atoms with E-state index in [0.29, 0.717) is 5.69 Å². The summed E-state index contributed by atoms with van der Waals surface area (Å²) in [6.45, 7) is 3.29. The minimum absolute atomic E-state index is 0.0502. The zero-order valence-electron chi connectivity index (χ0n) is 17.4. The molecule has 0 radical (unpaired) electrons. The molecule has 0 aliphatic rings. The molecule has 2 amide bonds. The van der Waals surface area contributed by atoms with Gasteiger partial charge in [-0.25, -0.2) is 4.39 Å². The Balaban J connectivity index is 1.88. The van der Waals surface area contributed by atoms with Crippen LogP contribution in [0.25, 0.3) is 0 Å². The fourth-order valence-electron chi connectivity index (χ4n) is 2.96. The van der Waals surface area contributed by atoms with Crippen molar-refractivity contribution in [2.45, 2.75) is 26.2 Å². The number of esters is 1. The molecule has 0 aliphatic carbocycles. The lowest BCUT2D eigenvalue weighted by molar-refractivity contribution is -0.154. The van der Waals surface area contributed by atoms with Crippen LogP contribution >= 0.6 is 0 Å². The van der Waals surface area contributed by atoms with Gasteiger partial charge in [0.1, 0.15) is 5.82 Å². The maximum Gasteiger partial charge on any atom is 0.314 e. The van der Waals surface area contributed by atoms with Crippen LogP contribution in [-0.4, -0.2) is 42.9 Å². The highest BCUT2D eigenvalue weighted by Gasteiger charge is 2.28. The Morgan fingerprint density at radius 1 is 1.07 bits per heavy atom. The first-order valence-electron chi connectivity index (χ1n) is 9.82. The molecule has 30 heavy (non-hydrogen) atoms. The van der Waals surface area contributed by atoms with Crippen molar-refractivity contribution in [2.24, 2.45) is 5.92 Å². The third-order valence-electron chi connectivity index (χ3n) is 4.90. The Morgan fingerprint density at radius 2 is 1.70 bits per heavy atom. The smallest absolute Gasteiger partial charge is 0.314 e. The zero-order valence-corrected chi connectivity index (χ0v) is 17.4. The molecule has 0 heterocycles. The molecule has 0 spiro atoms. The van der Waals surface area contributed by atoms with Gasteiger partial charge in [0.05, 0.1) is 12.5 Å². The molecule has 160 valence electrons. The number of rotatable bonds is 9. The molecule has 0 fully saturated rings. The quantitative estimate of drug-likeness (QED) is 0.636. The fraction of sp³-hybridized carbons (Fsp3) is 0.348. The summed E-state index contributed by atoms with van der Waals surface area (Å²) < 4.78 is 18.2. The van der Waals surface area contributed by atoms with Crippen molar-refractivity contribution in [3.05, 3.63) is 66.0 Å². The Labute approximate surface area is 176 Å². The second kappa shape index (κ2) is 11.1. The van der Waals surface area contributed by atoms with Crippen LogP contribution in [0.15, 0.2) is 54.6 Å². The number of nitrogens with one attached hydrogen (secondary N) is 1. The van der Waals surface area contributed by atoms with Gasteiger partial charge >= 0.3 is 5.97 Å². The SMILES string of the molecule is CC[C@@H](C)[C@H](C(=O)OCC(=O)N(C)CC(=O)Nc1ccc(F)cc1)c1ccccc1. The van der Waals surface area contributed by atoms with E-state index in [4.69, 9.17) is 4.74 Å². The highest BCUT2D eigenvalue weighted by molar-refractivity contribution is 5.94. The number of carbonyl (C=O) groups is 3. The number of benzene rings is 2. The van der Waals surface area contributed by atoms with Crippen LogP contribution in [0.3, 0.4) is 0 Å². The van der Waals surface area contributed by atoms with Crippen molar-refractivity contribution in [3.63, 3.8) is 0 Å². The minimum Gasteiger partial charge on any atom is -0.455 e. The maximum absolute atomic E-state index is 12.9. The molecule has 2 aromatic carbocycles. The predicted octanol–water partition coefficient (Wildman–Crippen LogP) is 3.60. The standard InChI is InChI=1S/C23H27FN2O4/c1-4-16(2)22(17-8-6-5-7-9-17)23(29)30-15-21(28)26(3)14-20(27)25-19-12-10-18(24)11-13-19/h5-13,16,22H,4,14-15H2,1-3H3,(H,25,27)/t16-,22+/m1/s1. The van der Waals surface area contributed by atoms with E-state index in [-0.39, 0.29) is 12.5 Å². The van der Waals surface area contributed by atoms with Crippen LogP contribution in [0.4, 0.5) is 10.1 Å². The van der Waals surface area contributed by atoms with Gasteiger partial charge in [0, 0.05) is 12.7 Å². The van der Waals surface area contributed by atoms with E-state index >= 15 is 0 Å². The van der Waals surface area contributed by atoms with Crippen molar-refractivity contribution >= 4 is 23.5 Å². The summed E-state index contributed by atoms with van der Waals surface area (Å²) in [5.74, 6) is -2.22. The predicted molar refractivity (Wildman–Crippen MR) is 112 cm³/mol. The van der Waals surface area contributed by atoms with Gasteiger partial charge < -0.3 is 15.0 Å². The highest BCUT2D eigenvalue weighted by Crippen LogP contribution is 2.28. The van der Waals surface area contributed by atoms with Crippen molar-refractivity contribution in [1.29, 1.82) is 0 Å². The molecule has 0 saturated heterocycles. The lowest BCUT2D eigenvalue weighted by atomic mass is 9.86. The van der Waals surface area contributed by atoms with Crippen molar-refractivity contribution in [2.75, 3.05) is 25.5 Å². The van der Waals surface area contributed by atoms with E-state index in [1.54, 1.807) is 0 Å². The molecule has 0 saturated carbocycles. The van der Waals surface area contributed by atoms with Crippen LogP contribution < -0.4 is 5.32 Å². The second-order valence-corrected chi connectivity index (χ2v) is 7.19. The van der Waals surface area contributed by atoms with Gasteiger partial charge in [0.15, 0.2) is 6.61 Å². The Morgan fingerprint density at radius 3 is 2.30 bits per heavy atom. The number of nitrogens with zero attached hydrogens (tertiary/aromatic N) is 1. The van der Waals surface area contributed by atoms with Gasteiger partial charge in [-0.2, -0.15) is 0 Å². The van der Waals surface area contributed by atoms with E-state index < -0.39 is 36.1 Å². The first-order valence-corrected chi connectivity index (χ1v) is 9.82. The van der Waals surface area contributed by atoms with Gasteiger partial charge in [-0.1, -0.05) is 50.6 Å². The first-order chi connectivity index (χ1) is 14.3. The number of anilines is 1. The van der Waals surface area contributed by atoms with Crippen molar-refractivity contribution in [1.82, 2.24) is 4.90 Å². The molecule has 2 aromatic rings. The van der Waals surface area contributed by atoms with E-state index in [1.807, 2.05) is 44.2 Å². The molecule has 0 bridgehead atoms. The molecule has 1 N–H and O–H groups in total. The summed E-state index contributed by atoms with van der Waals surface area (Å²) in [5.41, 5.74) is 1.27. The molecule has 2 rings (SSSR count). The summed E-state index contributed by atoms with van der Waals surface area (Å²) in [6, 6.07) is 14.6. The third kappa shape index (κ3) is 6.69. The summed E-state index contributed by atoms with van der Waals surface area (Å²) in [5, 5.41) is 2.57. The third-order valence-corrected chi connectivity index (χ3v) is 4.90. The molecule has 6 nitrogen and oxygen atoms in total. The van der Waals surface area contributed by atoms with Gasteiger partial charge in [-0.05, 0) is 35.7 Å². The summed E-state index contributed by atoms with van der Waals surface area (Å²) >= 11 is 0. The number of amides is 2. The molecular formula is C23H27FN2O4. The van der Waals surface area contributed by atoms with Gasteiger partial charge in [-0.15, -0.1) is 0 Å². The van der Waals surface area contributed by atoms with E-state index in [9.17, 15) is 18.8 Å². The lowest BCUT2D eigenvalue weighted by Crippen LogP contribution is -2.38. The van der Waals surface area contributed by atoms with Crippen LogP contribution in [0, 0.1) is 11.7 Å². The average molecular weight is 414 g/mol. The van der Waals surface area contributed by atoms with Crippen LogP contribution in [0.2, 0.25) is 0 Å². The van der Waals surface area contributed by atoms with Gasteiger partial charge in [-0.3, -0.25) is 14.4 Å². The summed E-state index contributed by atoms with van der Waals surface area (Å²) in [7, 11) is 1.45. The summed E-state index contributed by atoms with van der Waals surface area (Å²) in [4.78, 5) is 38.2. The average Bonchev–Trinajstić information content (AvgIpc) is 2.74. The number of likely N-dealkylation sites (N-methyl/N-ethyl adjacent to an activating group) is 1. The van der Waals surface area contributed by atoms with E-state index in [2.05, 4.69) is 5.32 Å². The largest absolute Gasteiger partial charge is 0.455 e. The van der Waals surface area contributed by atoms with Crippen LogP contribution in [0.5, 0.6) is 0 Å². The molecule has 7 heteroatoms. The Bertz CT molecular complexity index is 855. The number of hydrogen-bond donors (Lipinski definition) is 1.